The Hall–Kier alpha value is -0.360. The van der Waals surface area contributed by atoms with Gasteiger partial charge in [-0.15, -0.1) is 0 Å². The largest absolute Gasteiger partial charge is 0.481 e. The highest BCUT2D eigenvalue weighted by molar-refractivity contribution is 8.06. The molecule has 0 aromatic carbocycles. The minimum Gasteiger partial charge on any atom is -0.481 e. The third kappa shape index (κ3) is 4.91. The maximum absolute atomic E-state index is 11.9. The van der Waals surface area contributed by atoms with Crippen LogP contribution < -0.4 is 5.32 Å². The number of thioether (sulfide) groups is 2. The first-order valence-electron chi connectivity index (χ1n) is 6.73. The molecule has 0 radical (unpaired) electrons. The first-order valence-corrected chi connectivity index (χ1v) is 8.94. The second-order valence-corrected chi connectivity index (χ2v) is 7.40. The molecule has 0 aliphatic carbocycles. The topological polar surface area (TPSA) is 66.4 Å². The number of rotatable bonds is 7. The average molecular weight is 305 g/mol. The second-order valence-electron chi connectivity index (χ2n) is 4.84. The number of amides is 1. The normalized spacial score (nSPS) is 20.0. The monoisotopic (exact) mass is 305 g/mol. The molecule has 1 heterocycles. The highest BCUT2D eigenvalue weighted by Gasteiger charge is 2.37. The Kier molecular flexibility index (Phi) is 7.07. The van der Waals surface area contributed by atoms with E-state index in [2.05, 4.69) is 5.32 Å². The van der Waals surface area contributed by atoms with Gasteiger partial charge in [-0.3, -0.25) is 9.59 Å². The number of nitrogens with one attached hydrogen (secondary N) is 1. The molecule has 1 aliphatic heterocycles. The minimum absolute atomic E-state index is 0.0832. The van der Waals surface area contributed by atoms with Crippen LogP contribution in [0.4, 0.5) is 0 Å². The van der Waals surface area contributed by atoms with Gasteiger partial charge in [0.15, 0.2) is 0 Å². The van der Waals surface area contributed by atoms with Crippen LogP contribution >= 0.6 is 23.5 Å². The molecule has 1 aliphatic rings. The molecule has 0 spiro atoms. The summed E-state index contributed by atoms with van der Waals surface area (Å²) in [5, 5.41) is 12.7. The van der Waals surface area contributed by atoms with E-state index >= 15 is 0 Å². The van der Waals surface area contributed by atoms with Crippen LogP contribution in [0.5, 0.6) is 0 Å². The number of carbonyl (C=O) groups is 2. The summed E-state index contributed by atoms with van der Waals surface area (Å²) in [5.41, 5.74) is -0.904. The van der Waals surface area contributed by atoms with Gasteiger partial charge >= 0.3 is 5.97 Å². The van der Waals surface area contributed by atoms with Crippen LogP contribution in [0.1, 0.15) is 33.1 Å². The Balaban J connectivity index is 2.42. The van der Waals surface area contributed by atoms with E-state index in [0.717, 1.165) is 11.5 Å². The Labute approximate surface area is 123 Å². The number of hydrogen-bond donors (Lipinski definition) is 2. The van der Waals surface area contributed by atoms with Crippen molar-refractivity contribution in [2.45, 2.75) is 38.4 Å². The highest BCUT2D eigenvalue weighted by atomic mass is 32.2. The predicted molar refractivity (Wildman–Crippen MR) is 81.8 cm³/mol. The molecular weight excluding hydrogens is 282 g/mol. The summed E-state index contributed by atoms with van der Waals surface area (Å²) < 4.78 is 0. The van der Waals surface area contributed by atoms with E-state index in [1.54, 1.807) is 0 Å². The van der Waals surface area contributed by atoms with E-state index < -0.39 is 11.4 Å². The lowest BCUT2D eigenvalue weighted by atomic mass is 9.79. The summed E-state index contributed by atoms with van der Waals surface area (Å²) in [7, 11) is 0. The molecule has 2 N–H and O–H groups in total. The Bertz CT molecular complexity index is 313. The number of carboxylic acids is 1. The van der Waals surface area contributed by atoms with Gasteiger partial charge in [0.25, 0.3) is 0 Å². The molecule has 0 aromatic rings. The maximum atomic E-state index is 11.9. The third-order valence-electron chi connectivity index (χ3n) is 3.72. The van der Waals surface area contributed by atoms with Gasteiger partial charge in [-0.1, -0.05) is 13.8 Å². The first-order chi connectivity index (χ1) is 9.04. The van der Waals surface area contributed by atoms with Crippen LogP contribution in [-0.2, 0) is 9.59 Å². The molecule has 0 bridgehead atoms. The summed E-state index contributed by atoms with van der Waals surface area (Å²) in [5.74, 6) is 2.38. The van der Waals surface area contributed by atoms with Gasteiger partial charge in [0.1, 0.15) is 0 Å². The zero-order valence-electron chi connectivity index (χ0n) is 11.6. The van der Waals surface area contributed by atoms with Crippen molar-refractivity contribution in [3.63, 3.8) is 0 Å². The second kappa shape index (κ2) is 8.04. The maximum Gasteiger partial charge on any atom is 0.310 e. The molecule has 0 saturated carbocycles. The van der Waals surface area contributed by atoms with Gasteiger partial charge < -0.3 is 10.4 Å². The fraction of sp³-hybridized carbons (Fsp3) is 0.846. The lowest BCUT2D eigenvalue weighted by Crippen LogP contribution is -2.39. The fourth-order valence-corrected chi connectivity index (χ4v) is 4.74. The molecule has 1 atom stereocenters. The van der Waals surface area contributed by atoms with Crippen molar-refractivity contribution in [3.8, 4) is 0 Å². The van der Waals surface area contributed by atoms with Crippen molar-refractivity contribution in [2.75, 3.05) is 23.8 Å². The molecular formula is C13H23NO3S2. The van der Waals surface area contributed by atoms with E-state index in [9.17, 15) is 14.7 Å². The summed E-state index contributed by atoms with van der Waals surface area (Å²) in [6, 6.07) is 0. The molecule has 1 fully saturated rings. The van der Waals surface area contributed by atoms with Crippen molar-refractivity contribution in [1.29, 1.82) is 0 Å². The van der Waals surface area contributed by atoms with Gasteiger partial charge in [-0.05, 0) is 12.8 Å². The van der Waals surface area contributed by atoms with E-state index in [4.69, 9.17) is 0 Å². The van der Waals surface area contributed by atoms with E-state index in [1.807, 2.05) is 37.4 Å². The number of carboxylic acid groups (broad SMARTS) is 1. The lowest BCUT2D eigenvalue weighted by Gasteiger charge is -2.27. The van der Waals surface area contributed by atoms with Crippen molar-refractivity contribution in [2.24, 2.45) is 5.41 Å². The van der Waals surface area contributed by atoms with Crippen LogP contribution in [0.3, 0.4) is 0 Å². The van der Waals surface area contributed by atoms with Gasteiger partial charge in [0.05, 0.1) is 5.41 Å². The summed E-state index contributed by atoms with van der Waals surface area (Å²) >= 11 is 3.80. The molecule has 1 unspecified atom stereocenters. The van der Waals surface area contributed by atoms with E-state index in [0.29, 0.717) is 24.6 Å². The minimum atomic E-state index is -0.904. The standard InChI is InChI=1S/C13H23NO3S2/c1-3-13(4-2,12(16)17)7-11(15)14-8-10-9-18-5-6-19-10/h10H,3-9H2,1-2H3,(H,14,15)(H,16,17). The van der Waals surface area contributed by atoms with Gasteiger partial charge in [-0.25, -0.2) is 0 Å². The fourth-order valence-electron chi connectivity index (χ4n) is 2.13. The van der Waals surface area contributed by atoms with Crippen molar-refractivity contribution >= 4 is 35.4 Å². The quantitative estimate of drug-likeness (QED) is 0.755. The molecule has 1 amide bonds. The zero-order valence-corrected chi connectivity index (χ0v) is 13.2. The smallest absolute Gasteiger partial charge is 0.310 e. The van der Waals surface area contributed by atoms with Crippen LogP contribution in [0.15, 0.2) is 0 Å². The Morgan fingerprint density at radius 3 is 2.47 bits per heavy atom. The molecule has 6 heteroatoms. The van der Waals surface area contributed by atoms with E-state index in [1.165, 1.54) is 5.75 Å². The van der Waals surface area contributed by atoms with Crippen LogP contribution in [0.2, 0.25) is 0 Å². The summed E-state index contributed by atoms with van der Waals surface area (Å²) in [6.07, 6.45) is 1.06. The molecule has 19 heavy (non-hydrogen) atoms. The number of hydrogen-bond acceptors (Lipinski definition) is 4. The summed E-state index contributed by atoms with van der Waals surface area (Å²) in [4.78, 5) is 23.3. The lowest BCUT2D eigenvalue weighted by molar-refractivity contribution is -0.152. The zero-order chi connectivity index (χ0) is 14.3. The number of carbonyl (C=O) groups excluding carboxylic acids is 1. The summed E-state index contributed by atoms with van der Waals surface area (Å²) in [6.45, 7) is 4.32. The predicted octanol–water partition coefficient (Wildman–Crippen LogP) is 2.23. The van der Waals surface area contributed by atoms with Gasteiger partial charge in [-0.2, -0.15) is 23.5 Å². The molecule has 4 nitrogen and oxygen atoms in total. The van der Waals surface area contributed by atoms with Crippen molar-refractivity contribution in [1.82, 2.24) is 5.32 Å². The van der Waals surface area contributed by atoms with Crippen LogP contribution in [0.25, 0.3) is 0 Å². The first kappa shape index (κ1) is 16.7. The number of aliphatic carboxylic acids is 1. The van der Waals surface area contributed by atoms with Gasteiger partial charge in [0.2, 0.25) is 5.91 Å². The third-order valence-corrected chi connectivity index (χ3v) is 6.56. The molecule has 1 saturated heterocycles. The van der Waals surface area contributed by atoms with Crippen LogP contribution in [0, 0.1) is 5.41 Å². The molecule has 0 aromatic heterocycles. The highest BCUT2D eigenvalue weighted by Crippen LogP contribution is 2.31. The van der Waals surface area contributed by atoms with Crippen molar-refractivity contribution < 1.29 is 14.7 Å². The van der Waals surface area contributed by atoms with Crippen LogP contribution in [-0.4, -0.2) is 46.0 Å². The Morgan fingerprint density at radius 2 is 2.00 bits per heavy atom. The Morgan fingerprint density at radius 1 is 1.32 bits per heavy atom. The van der Waals surface area contributed by atoms with E-state index in [-0.39, 0.29) is 12.3 Å². The van der Waals surface area contributed by atoms with Gasteiger partial charge in [0, 0.05) is 35.5 Å². The average Bonchev–Trinajstić information content (AvgIpc) is 2.43. The van der Waals surface area contributed by atoms with Crippen molar-refractivity contribution in [3.05, 3.63) is 0 Å². The molecule has 1 rings (SSSR count). The SMILES string of the molecule is CCC(CC)(CC(=O)NCC1CSCCS1)C(=O)O. The molecule has 110 valence electrons.